The summed E-state index contributed by atoms with van der Waals surface area (Å²) in [5, 5.41) is 11.0. The molecule has 6 nitrogen and oxygen atoms in total. The third kappa shape index (κ3) is 3.53. The van der Waals surface area contributed by atoms with Gasteiger partial charge in [-0.15, -0.1) is 11.8 Å². The van der Waals surface area contributed by atoms with Crippen LogP contribution in [0.2, 0.25) is 0 Å². The van der Waals surface area contributed by atoms with E-state index in [1.54, 1.807) is 0 Å². The number of nitrogens with one attached hydrogen (secondary N) is 1. The van der Waals surface area contributed by atoms with Crippen molar-refractivity contribution in [2.45, 2.75) is 24.3 Å². The van der Waals surface area contributed by atoms with Gasteiger partial charge in [0.2, 0.25) is 5.91 Å². The predicted octanol–water partition coefficient (Wildman–Crippen LogP) is 1.38. The zero-order valence-corrected chi connectivity index (χ0v) is 13.6. The van der Waals surface area contributed by atoms with Crippen molar-refractivity contribution in [3.05, 3.63) is 35.6 Å². The maximum Gasteiger partial charge on any atom is 0.337 e. The van der Waals surface area contributed by atoms with Crippen molar-refractivity contribution in [3.8, 4) is 0 Å². The van der Waals surface area contributed by atoms with Crippen molar-refractivity contribution >= 4 is 29.5 Å². The molecule has 2 unspecified atom stereocenters. The van der Waals surface area contributed by atoms with Crippen LogP contribution in [0, 0.1) is 11.7 Å². The molecule has 3 rings (SSSR count). The number of amides is 2. The second-order valence-corrected chi connectivity index (χ2v) is 7.05. The summed E-state index contributed by atoms with van der Waals surface area (Å²) in [5.74, 6) is -1.81. The first-order valence-electron chi connectivity index (χ1n) is 7.68. The molecule has 1 aliphatic carbocycles. The summed E-state index contributed by atoms with van der Waals surface area (Å²) in [6.45, 7) is 0.303. The Bertz CT molecular complexity index is 663. The van der Waals surface area contributed by atoms with E-state index in [4.69, 9.17) is 0 Å². The molecule has 0 aromatic heterocycles. The number of benzene rings is 1. The van der Waals surface area contributed by atoms with Gasteiger partial charge in [-0.3, -0.25) is 9.59 Å². The Morgan fingerprint density at radius 1 is 1.25 bits per heavy atom. The molecule has 0 spiro atoms. The smallest absolute Gasteiger partial charge is 0.337 e. The first-order chi connectivity index (χ1) is 11.5. The molecule has 1 aliphatic heterocycles. The minimum absolute atomic E-state index is 0.0935. The van der Waals surface area contributed by atoms with Gasteiger partial charge in [0, 0.05) is 18.2 Å². The molecule has 0 radical (unpaired) electrons. The largest absolute Gasteiger partial charge is 0.479 e. The van der Waals surface area contributed by atoms with Crippen LogP contribution in [0.25, 0.3) is 0 Å². The second kappa shape index (κ2) is 6.80. The van der Waals surface area contributed by atoms with Crippen molar-refractivity contribution < 1.29 is 23.9 Å². The van der Waals surface area contributed by atoms with Gasteiger partial charge < -0.3 is 15.3 Å². The maximum atomic E-state index is 13.2. The highest BCUT2D eigenvalue weighted by Crippen LogP contribution is 2.31. The molecule has 1 aromatic rings. The van der Waals surface area contributed by atoms with Gasteiger partial charge in [0.25, 0.3) is 5.91 Å². The number of aliphatic carboxylic acids is 1. The fourth-order valence-electron chi connectivity index (χ4n) is 2.61. The van der Waals surface area contributed by atoms with E-state index in [-0.39, 0.29) is 11.8 Å². The normalized spacial score (nSPS) is 21.4. The number of nitrogens with zero attached hydrogens (tertiary/aromatic N) is 1. The molecule has 2 fully saturated rings. The van der Waals surface area contributed by atoms with Gasteiger partial charge in [-0.1, -0.05) is 12.1 Å². The van der Waals surface area contributed by atoms with Gasteiger partial charge in [0.05, 0.1) is 0 Å². The number of carbonyl (C=O) groups excluding carboxylic acids is 2. The lowest BCUT2D eigenvalue weighted by atomic mass is 10.0. The fourth-order valence-corrected chi connectivity index (χ4v) is 3.67. The molecule has 2 atom stereocenters. The molecule has 128 valence electrons. The summed E-state index contributed by atoms with van der Waals surface area (Å²) in [4.78, 5) is 37.5. The van der Waals surface area contributed by atoms with E-state index >= 15 is 0 Å². The average molecular weight is 352 g/mol. The van der Waals surface area contributed by atoms with E-state index < -0.39 is 29.1 Å². The van der Waals surface area contributed by atoms with Crippen molar-refractivity contribution in [3.63, 3.8) is 0 Å². The summed E-state index contributed by atoms with van der Waals surface area (Å²) in [5.41, 5.74) is 0.441. The lowest BCUT2D eigenvalue weighted by Gasteiger charge is -2.27. The predicted molar refractivity (Wildman–Crippen MR) is 85.6 cm³/mol. The van der Waals surface area contributed by atoms with Crippen molar-refractivity contribution in [1.82, 2.24) is 10.2 Å². The Labute approximate surface area is 142 Å². The minimum atomic E-state index is -1.09. The van der Waals surface area contributed by atoms with Gasteiger partial charge in [0.1, 0.15) is 11.9 Å². The van der Waals surface area contributed by atoms with Crippen LogP contribution < -0.4 is 5.32 Å². The molecule has 1 aromatic carbocycles. The zero-order valence-electron chi connectivity index (χ0n) is 12.8. The second-order valence-electron chi connectivity index (χ2n) is 5.86. The van der Waals surface area contributed by atoms with Crippen LogP contribution in [0.1, 0.15) is 24.4 Å². The quantitative estimate of drug-likeness (QED) is 0.836. The van der Waals surface area contributed by atoms with Crippen LogP contribution in [0.3, 0.4) is 0 Å². The molecule has 2 aliphatic rings. The Balaban J connectivity index is 1.85. The Morgan fingerprint density at radius 3 is 2.50 bits per heavy atom. The van der Waals surface area contributed by atoms with Gasteiger partial charge in [-0.05, 0) is 30.5 Å². The first-order valence-corrected chi connectivity index (χ1v) is 8.73. The van der Waals surface area contributed by atoms with E-state index in [9.17, 15) is 23.9 Å². The fraction of sp³-hybridized carbons (Fsp3) is 0.438. The Hall–Kier alpha value is -2.09. The van der Waals surface area contributed by atoms with Crippen molar-refractivity contribution in [1.29, 1.82) is 0 Å². The number of carbonyl (C=O) groups is 3. The van der Waals surface area contributed by atoms with Crippen LogP contribution in [0.5, 0.6) is 0 Å². The maximum absolute atomic E-state index is 13.2. The molecular formula is C16H17FN2O4S. The molecule has 1 saturated carbocycles. The highest BCUT2D eigenvalue weighted by atomic mass is 32.2. The average Bonchev–Trinajstić information content (AvgIpc) is 3.29. The third-order valence-electron chi connectivity index (χ3n) is 4.07. The van der Waals surface area contributed by atoms with E-state index in [1.807, 2.05) is 0 Å². The summed E-state index contributed by atoms with van der Waals surface area (Å²) >= 11 is 1.17. The Morgan fingerprint density at radius 2 is 1.92 bits per heavy atom. The summed E-state index contributed by atoms with van der Waals surface area (Å²) in [7, 11) is 0. The minimum Gasteiger partial charge on any atom is -0.479 e. The molecule has 8 heteroatoms. The topological polar surface area (TPSA) is 86.7 Å². The van der Waals surface area contributed by atoms with Crippen LogP contribution >= 0.6 is 11.8 Å². The zero-order chi connectivity index (χ0) is 17.3. The SMILES string of the molecule is O=C(NC(C(=O)N1CCSC1C(=O)O)c1ccc(F)cc1)C1CC1. The first kappa shape index (κ1) is 16.8. The summed E-state index contributed by atoms with van der Waals surface area (Å²) in [6.07, 6.45) is 1.57. The highest BCUT2D eigenvalue weighted by Gasteiger charge is 2.40. The van der Waals surface area contributed by atoms with Gasteiger partial charge >= 0.3 is 5.97 Å². The molecule has 0 bridgehead atoms. The van der Waals surface area contributed by atoms with E-state index in [1.165, 1.54) is 40.9 Å². The molecule has 2 N–H and O–H groups in total. The van der Waals surface area contributed by atoms with Crippen LogP contribution in [0.15, 0.2) is 24.3 Å². The molecule has 1 saturated heterocycles. The van der Waals surface area contributed by atoms with E-state index in [2.05, 4.69) is 5.32 Å². The number of hydrogen-bond donors (Lipinski definition) is 2. The lowest BCUT2D eigenvalue weighted by molar-refractivity contribution is -0.146. The Kier molecular flexibility index (Phi) is 4.75. The highest BCUT2D eigenvalue weighted by molar-refractivity contribution is 8.00. The summed E-state index contributed by atoms with van der Waals surface area (Å²) < 4.78 is 13.2. The van der Waals surface area contributed by atoms with E-state index in [0.29, 0.717) is 17.9 Å². The lowest BCUT2D eigenvalue weighted by Crippen LogP contribution is -2.47. The number of carboxylic acids is 1. The molecule has 1 heterocycles. The third-order valence-corrected chi connectivity index (χ3v) is 5.26. The van der Waals surface area contributed by atoms with Crippen LogP contribution in [0.4, 0.5) is 4.39 Å². The van der Waals surface area contributed by atoms with Crippen molar-refractivity contribution in [2.24, 2.45) is 5.92 Å². The summed E-state index contributed by atoms with van der Waals surface area (Å²) in [6, 6.07) is 4.30. The number of thioether (sulfide) groups is 1. The van der Waals surface area contributed by atoms with Gasteiger partial charge in [-0.25, -0.2) is 9.18 Å². The number of hydrogen-bond acceptors (Lipinski definition) is 4. The number of rotatable bonds is 5. The standard InChI is InChI=1S/C16H17FN2O4S/c17-11-5-3-9(4-6-11)12(18-13(20)10-1-2-10)14(21)19-7-8-24-15(19)16(22)23/h3-6,10,12,15H,1-2,7-8H2,(H,18,20)(H,22,23). The van der Waals surface area contributed by atoms with E-state index in [0.717, 1.165) is 12.8 Å². The van der Waals surface area contributed by atoms with Gasteiger partial charge in [-0.2, -0.15) is 0 Å². The molecular weight excluding hydrogens is 335 g/mol. The van der Waals surface area contributed by atoms with Gasteiger partial charge in [0.15, 0.2) is 5.37 Å². The number of halogens is 1. The molecule has 2 amide bonds. The van der Waals surface area contributed by atoms with Crippen LogP contribution in [-0.4, -0.2) is 45.5 Å². The number of carboxylic acid groups (broad SMARTS) is 1. The van der Waals surface area contributed by atoms with Crippen LogP contribution in [-0.2, 0) is 14.4 Å². The molecule has 24 heavy (non-hydrogen) atoms. The monoisotopic (exact) mass is 352 g/mol. The van der Waals surface area contributed by atoms with Crippen molar-refractivity contribution in [2.75, 3.05) is 12.3 Å².